The van der Waals surface area contributed by atoms with Crippen LogP contribution in [0.5, 0.6) is 0 Å². The van der Waals surface area contributed by atoms with Crippen LogP contribution in [0.2, 0.25) is 0 Å². The Bertz CT molecular complexity index is 1500. The molecule has 2 atom stereocenters. The molecule has 2 unspecified atom stereocenters. The highest BCUT2D eigenvalue weighted by atomic mass is 19.4. The summed E-state index contributed by atoms with van der Waals surface area (Å²) in [4.78, 5) is 16.8. The van der Waals surface area contributed by atoms with Gasteiger partial charge in [-0.1, -0.05) is 26.0 Å². The van der Waals surface area contributed by atoms with Crippen molar-refractivity contribution in [1.82, 2.24) is 19.7 Å². The van der Waals surface area contributed by atoms with Crippen molar-refractivity contribution in [2.45, 2.75) is 50.9 Å². The first-order valence-electron chi connectivity index (χ1n) is 13.9. The zero-order valence-corrected chi connectivity index (χ0v) is 23.6. The van der Waals surface area contributed by atoms with Gasteiger partial charge in [0.1, 0.15) is 12.2 Å². The molecule has 3 aromatic rings. The number of benzene rings is 2. The maximum atomic E-state index is 14.4. The minimum absolute atomic E-state index is 0.00515. The number of alkyl halides is 5. The monoisotopic (exact) mass is 589 g/mol. The molecule has 3 aliphatic heterocycles. The molecule has 42 heavy (non-hydrogen) atoms. The summed E-state index contributed by atoms with van der Waals surface area (Å²) in [7, 11) is 1.85. The number of hydrogen-bond acceptors (Lipinski definition) is 5. The molecule has 0 aliphatic carbocycles. The van der Waals surface area contributed by atoms with Gasteiger partial charge in [-0.05, 0) is 41.0 Å². The molecule has 1 amide bonds. The molecule has 0 N–H and O–H groups in total. The van der Waals surface area contributed by atoms with Crippen LogP contribution in [-0.2, 0) is 42.9 Å². The number of fused-ring (bicyclic) bond motifs is 1. The number of likely N-dealkylation sites (tertiary alicyclic amines) is 1. The Morgan fingerprint density at radius 3 is 2.38 bits per heavy atom. The molecule has 1 aromatic heterocycles. The van der Waals surface area contributed by atoms with E-state index in [2.05, 4.69) is 10.2 Å². The van der Waals surface area contributed by atoms with Crippen molar-refractivity contribution in [3.05, 3.63) is 76.4 Å². The maximum Gasteiger partial charge on any atom is 0.416 e. The summed E-state index contributed by atoms with van der Waals surface area (Å²) in [5, 5.41) is 8.14. The number of hydrogen-bond donors (Lipinski definition) is 0. The van der Waals surface area contributed by atoms with Gasteiger partial charge in [-0.2, -0.15) is 13.2 Å². The van der Waals surface area contributed by atoms with Gasteiger partial charge in [-0.15, -0.1) is 10.2 Å². The minimum atomic E-state index is -4.68. The summed E-state index contributed by atoms with van der Waals surface area (Å²) >= 11 is 0. The number of nitrogens with zero attached hydrogens (tertiary/aromatic N) is 5. The minimum Gasteiger partial charge on any atom is -0.379 e. The van der Waals surface area contributed by atoms with E-state index in [4.69, 9.17) is 4.74 Å². The van der Waals surface area contributed by atoms with Crippen LogP contribution in [0.1, 0.15) is 52.3 Å². The van der Waals surface area contributed by atoms with Crippen LogP contribution >= 0.6 is 0 Å². The normalized spacial score (nSPS) is 23.6. The molecule has 6 rings (SSSR count). The van der Waals surface area contributed by atoms with E-state index in [1.165, 1.54) is 24.8 Å². The molecule has 0 radical (unpaired) electrons. The van der Waals surface area contributed by atoms with Crippen molar-refractivity contribution < 1.29 is 31.5 Å². The number of rotatable bonds is 6. The van der Waals surface area contributed by atoms with Crippen LogP contribution in [0.25, 0.3) is 0 Å². The number of halogens is 5. The highest BCUT2D eigenvalue weighted by Gasteiger charge is 2.47. The average Bonchev–Trinajstić information content (AvgIpc) is 3.46. The third-order valence-electron chi connectivity index (χ3n) is 9.02. The van der Waals surface area contributed by atoms with Crippen molar-refractivity contribution in [2.24, 2.45) is 18.9 Å². The van der Waals surface area contributed by atoms with E-state index in [-0.39, 0.29) is 42.9 Å². The highest BCUT2D eigenvalue weighted by Crippen LogP contribution is 2.43. The van der Waals surface area contributed by atoms with Crippen molar-refractivity contribution in [1.29, 1.82) is 0 Å². The number of carbonyl (C=O) groups excluding carboxylic acids is 1. The Morgan fingerprint density at radius 1 is 1.07 bits per heavy atom. The fraction of sp³-hybridized carbons (Fsp3) is 0.500. The van der Waals surface area contributed by atoms with Crippen LogP contribution in [-0.4, -0.2) is 57.8 Å². The van der Waals surface area contributed by atoms with Gasteiger partial charge >= 0.3 is 6.18 Å². The summed E-state index contributed by atoms with van der Waals surface area (Å²) in [6, 6.07) is 9.84. The Hall–Kier alpha value is -3.38. The Kier molecular flexibility index (Phi) is 6.92. The number of piperidine rings is 1. The van der Waals surface area contributed by atoms with Crippen LogP contribution in [0, 0.1) is 11.8 Å². The summed E-state index contributed by atoms with van der Waals surface area (Å²) in [5.41, 5.74) is 0.341. The molecule has 2 aromatic carbocycles. The summed E-state index contributed by atoms with van der Waals surface area (Å²) in [6.45, 7) is 3.74. The van der Waals surface area contributed by atoms with Crippen molar-refractivity contribution in [3.63, 3.8) is 0 Å². The third-order valence-corrected chi connectivity index (χ3v) is 9.02. The van der Waals surface area contributed by atoms with Crippen molar-refractivity contribution in [3.8, 4) is 0 Å². The number of carbonyl (C=O) groups is 1. The lowest BCUT2D eigenvalue weighted by atomic mass is 9.75. The standard InChI is InChI=1S/C30H32F5N5O2/c1-18-11-39(12-19(2)29(18,31)32)13-20-7-23-24(25(8-20)30(33,34)35)14-40(27(23)41)22-6-4-5-21(9-22)28(15-42-16-28)10-26-37-36-17-38(26)3/h4-9,17-19H,10-16H2,1-3H3. The van der Waals surface area contributed by atoms with Gasteiger partial charge in [0.05, 0.1) is 25.3 Å². The van der Waals surface area contributed by atoms with Gasteiger partial charge in [-0.25, -0.2) is 8.78 Å². The fourth-order valence-corrected chi connectivity index (χ4v) is 6.48. The fourth-order valence-electron chi connectivity index (χ4n) is 6.48. The second-order valence-corrected chi connectivity index (χ2v) is 12.1. The molecule has 0 bridgehead atoms. The van der Waals surface area contributed by atoms with E-state index in [1.54, 1.807) is 23.4 Å². The quantitative estimate of drug-likeness (QED) is 0.369. The van der Waals surface area contributed by atoms with Crippen LogP contribution in [0.15, 0.2) is 42.7 Å². The molecule has 12 heteroatoms. The molecule has 2 saturated heterocycles. The first-order valence-corrected chi connectivity index (χ1v) is 13.9. The Morgan fingerprint density at radius 2 is 1.79 bits per heavy atom. The predicted molar refractivity (Wildman–Crippen MR) is 144 cm³/mol. The largest absolute Gasteiger partial charge is 0.416 e. The Balaban J connectivity index is 1.29. The molecule has 4 heterocycles. The van der Waals surface area contributed by atoms with Gasteiger partial charge in [0.2, 0.25) is 0 Å². The maximum absolute atomic E-state index is 14.4. The van der Waals surface area contributed by atoms with Gasteiger partial charge in [0.15, 0.2) is 0 Å². The Labute approximate surface area is 240 Å². The lowest BCUT2D eigenvalue weighted by Crippen LogP contribution is -2.51. The van der Waals surface area contributed by atoms with Crippen LogP contribution in [0.3, 0.4) is 0 Å². The van der Waals surface area contributed by atoms with E-state index in [1.807, 2.05) is 23.7 Å². The smallest absolute Gasteiger partial charge is 0.379 e. The van der Waals surface area contributed by atoms with Crippen molar-refractivity contribution in [2.75, 3.05) is 31.2 Å². The zero-order chi connectivity index (χ0) is 30.0. The number of anilines is 1. The number of aromatic nitrogens is 3. The molecule has 0 spiro atoms. The average molecular weight is 590 g/mol. The second kappa shape index (κ2) is 10.1. The molecule has 224 valence electrons. The second-order valence-electron chi connectivity index (χ2n) is 12.1. The zero-order valence-electron chi connectivity index (χ0n) is 23.6. The highest BCUT2D eigenvalue weighted by molar-refractivity contribution is 6.10. The lowest BCUT2D eigenvalue weighted by molar-refractivity contribution is -0.140. The predicted octanol–water partition coefficient (Wildman–Crippen LogP) is 5.23. The van der Waals surface area contributed by atoms with Gasteiger partial charge in [0.25, 0.3) is 11.8 Å². The summed E-state index contributed by atoms with van der Waals surface area (Å²) in [5.74, 6) is -4.44. The summed E-state index contributed by atoms with van der Waals surface area (Å²) < 4.78 is 79.0. The molecule has 2 fully saturated rings. The third kappa shape index (κ3) is 4.88. The SMILES string of the molecule is CC1CN(Cc2cc3c(c(C(F)(F)F)c2)CN(c2cccc(C4(Cc5nncn5C)COC4)c2)C3=O)CC(C)C1(F)F. The first-order chi connectivity index (χ1) is 19.8. The number of ether oxygens (including phenoxy) is 1. The number of aryl methyl sites for hydroxylation is 1. The number of amides is 1. The molecule has 0 saturated carbocycles. The molecule has 3 aliphatic rings. The van der Waals surface area contributed by atoms with E-state index in [9.17, 15) is 26.7 Å². The van der Waals surface area contributed by atoms with Crippen LogP contribution in [0.4, 0.5) is 27.6 Å². The first kappa shape index (κ1) is 28.7. The topological polar surface area (TPSA) is 63.5 Å². The molecular weight excluding hydrogens is 557 g/mol. The van der Waals surface area contributed by atoms with E-state index in [0.717, 1.165) is 17.5 Å². The summed E-state index contributed by atoms with van der Waals surface area (Å²) in [6.07, 6.45) is -2.51. The molecular formula is C30H32F5N5O2. The van der Waals surface area contributed by atoms with Gasteiger partial charge in [0, 0.05) is 61.6 Å². The van der Waals surface area contributed by atoms with Crippen molar-refractivity contribution >= 4 is 11.6 Å². The lowest BCUT2D eigenvalue weighted by Gasteiger charge is -2.42. The van der Waals surface area contributed by atoms with Crippen LogP contribution < -0.4 is 4.90 Å². The van der Waals surface area contributed by atoms with Gasteiger partial charge < -0.3 is 14.2 Å². The molecule has 7 nitrogen and oxygen atoms in total. The van der Waals surface area contributed by atoms with E-state index < -0.39 is 40.8 Å². The van der Waals surface area contributed by atoms with E-state index in [0.29, 0.717) is 25.3 Å². The van der Waals surface area contributed by atoms with E-state index >= 15 is 0 Å². The van der Waals surface area contributed by atoms with Gasteiger partial charge in [-0.3, -0.25) is 9.69 Å².